The molecule has 2 aliphatic rings. The van der Waals surface area contributed by atoms with Crippen LogP contribution >= 0.6 is 0 Å². The first-order chi connectivity index (χ1) is 13.7. The van der Waals surface area contributed by atoms with Gasteiger partial charge in [0.05, 0.1) is 0 Å². The lowest BCUT2D eigenvalue weighted by Crippen LogP contribution is -2.17. The number of hydrogen-bond acceptors (Lipinski definition) is 1. The summed E-state index contributed by atoms with van der Waals surface area (Å²) in [5.74, 6) is 2.18. The molecule has 0 radical (unpaired) electrons. The predicted octanol–water partition coefficient (Wildman–Crippen LogP) is 7.88. The smallest absolute Gasteiger partial charge is 0.195 e. The zero-order valence-electron chi connectivity index (χ0n) is 17.5. The van der Waals surface area contributed by atoms with E-state index in [4.69, 9.17) is 5.26 Å². The highest BCUT2D eigenvalue weighted by Crippen LogP contribution is 2.40. The summed E-state index contributed by atoms with van der Waals surface area (Å²) in [6.45, 7) is 2.24. The fourth-order valence-electron chi connectivity index (χ4n) is 5.39. The van der Waals surface area contributed by atoms with Gasteiger partial charge in [-0.1, -0.05) is 50.5 Å². The highest BCUT2D eigenvalue weighted by Gasteiger charge is 2.25. The van der Waals surface area contributed by atoms with Crippen LogP contribution in [0.4, 0.5) is 4.39 Å². The van der Waals surface area contributed by atoms with Crippen LogP contribution in [0.5, 0.6) is 0 Å². The zero-order valence-corrected chi connectivity index (χ0v) is 17.5. The van der Waals surface area contributed by atoms with Crippen LogP contribution in [0.15, 0.2) is 36.2 Å². The molecule has 2 aliphatic carbocycles. The quantitative estimate of drug-likeness (QED) is 0.441. The molecule has 3 rings (SSSR count). The Labute approximate surface area is 171 Å². The van der Waals surface area contributed by atoms with Crippen molar-refractivity contribution in [2.75, 3.05) is 0 Å². The first-order valence-corrected chi connectivity index (χ1v) is 11.5. The maximum Gasteiger partial charge on any atom is 0.196 e. The number of allylic oxidation sites excluding steroid dienone is 2. The number of benzene rings is 1. The fraction of sp³-hybridized carbons (Fsp3) is 0.654. The SMILES string of the molecule is CCCc1ccc(C2CCC(CCC3CCC(/C=C(/F)C#N)CC3)CC2)cc1. The summed E-state index contributed by atoms with van der Waals surface area (Å²) >= 11 is 0. The van der Waals surface area contributed by atoms with Gasteiger partial charge in [-0.05, 0) is 98.7 Å². The minimum atomic E-state index is -0.597. The Morgan fingerprint density at radius 2 is 1.54 bits per heavy atom. The summed E-state index contributed by atoms with van der Waals surface area (Å²) in [5.41, 5.74) is 3.02. The standard InChI is InChI=1S/C26H36FN/c1-2-3-20-10-14-24(15-11-20)25-16-12-22(13-17-25)5-4-21-6-8-23(9-7-21)18-26(27)19-28/h10-11,14-15,18,21-23,25H,2-9,12-13,16-17H2,1H3/b26-18+. The number of rotatable bonds is 7. The first-order valence-electron chi connectivity index (χ1n) is 11.5. The molecule has 28 heavy (non-hydrogen) atoms. The molecule has 2 fully saturated rings. The minimum absolute atomic E-state index is 0.287. The van der Waals surface area contributed by atoms with Gasteiger partial charge >= 0.3 is 0 Å². The average molecular weight is 382 g/mol. The van der Waals surface area contributed by atoms with Gasteiger partial charge in [0.2, 0.25) is 0 Å². The summed E-state index contributed by atoms with van der Waals surface area (Å²) in [7, 11) is 0. The zero-order chi connectivity index (χ0) is 19.8. The summed E-state index contributed by atoms with van der Waals surface area (Å²) in [5, 5.41) is 8.58. The van der Waals surface area contributed by atoms with Gasteiger partial charge in [-0.2, -0.15) is 9.65 Å². The van der Waals surface area contributed by atoms with E-state index in [1.54, 1.807) is 17.7 Å². The third-order valence-electron chi connectivity index (χ3n) is 7.20. The molecule has 0 unspecified atom stereocenters. The van der Waals surface area contributed by atoms with Crippen LogP contribution in [0.3, 0.4) is 0 Å². The van der Waals surface area contributed by atoms with E-state index in [2.05, 4.69) is 31.2 Å². The molecule has 2 heteroatoms. The molecule has 0 aliphatic heterocycles. The summed E-state index contributed by atoms with van der Waals surface area (Å²) in [6.07, 6.45) is 16.7. The van der Waals surface area contributed by atoms with Gasteiger partial charge in [-0.25, -0.2) is 0 Å². The van der Waals surface area contributed by atoms with Crippen molar-refractivity contribution in [3.63, 3.8) is 0 Å². The lowest BCUT2D eigenvalue weighted by atomic mass is 9.74. The number of nitrogens with zero attached hydrogens (tertiary/aromatic N) is 1. The molecule has 1 aromatic carbocycles. The third-order valence-corrected chi connectivity index (χ3v) is 7.20. The molecular formula is C26H36FN. The van der Waals surface area contributed by atoms with Crippen LogP contribution in [0.1, 0.15) is 94.6 Å². The third kappa shape index (κ3) is 6.20. The van der Waals surface area contributed by atoms with E-state index in [0.717, 1.165) is 30.6 Å². The topological polar surface area (TPSA) is 23.8 Å². The van der Waals surface area contributed by atoms with Crippen molar-refractivity contribution in [2.45, 2.75) is 89.9 Å². The molecule has 1 nitrogen and oxygen atoms in total. The minimum Gasteiger partial charge on any atom is -0.195 e. The second-order valence-electron chi connectivity index (χ2n) is 9.19. The maximum atomic E-state index is 13.1. The summed E-state index contributed by atoms with van der Waals surface area (Å²) in [6, 6.07) is 11.0. The molecule has 0 amide bonds. The van der Waals surface area contributed by atoms with Crippen LogP contribution in [0.25, 0.3) is 0 Å². The van der Waals surface area contributed by atoms with Gasteiger partial charge < -0.3 is 0 Å². The van der Waals surface area contributed by atoms with Crippen molar-refractivity contribution >= 4 is 0 Å². The Hall–Kier alpha value is -1.62. The molecule has 0 atom stereocenters. The molecule has 0 spiro atoms. The predicted molar refractivity (Wildman–Crippen MR) is 115 cm³/mol. The largest absolute Gasteiger partial charge is 0.196 e. The van der Waals surface area contributed by atoms with Crippen LogP contribution < -0.4 is 0 Å². The Morgan fingerprint density at radius 3 is 2.07 bits per heavy atom. The Balaban J connectivity index is 1.35. The fourth-order valence-corrected chi connectivity index (χ4v) is 5.39. The van der Waals surface area contributed by atoms with Crippen LogP contribution in [-0.2, 0) is 6.42 Å². The highest BCUT2D eigenvalue weighted by molar-refractivity contribution is 5.26. The maximum absolute atomic E-state index is 13.1. The van der Waals surface area contributed by atoms with Crippen molar-refractivity contribution in [2.24, 2.45) is 17.8 Å². The van der Waals surface area contributed by atoms with E-state index >= 15 is 0 Å². The molecule has 0 aromatic heterocycles. The molecule has 0 heterocycles. The lowest BCUT2D eigenvalue weighted by molar-refractivity contribution is 0.245. The van der Waals surface area contributed by atoms with Gasteiger partial charge in [-0.3, -0.25) is 0 Å². The van der Waals surface area contributed by atoms with Gasteiger partial charge in [0.25, 0.3) is 0 Å². The van der Waals surface area contributed by atoms with Gasteiger partial charge in [0, 0.05) is 0 Å². The normalized spacial score (nSPS) is 28.7. The van der Waals surface area contributed by atoms with Crippen molar-refractivity contribution in [3.05, 3.63) is 47.3 Å². The van der Waals surface area contributed by atoms with Crippen molar-refractivity contribution in [1.82, 2.24) is 0 Å². The average Bonchev–Trinajstić information content (AvgIpc) is 2.74. The molecule has 2 saturated carbocycles. The van der Waals surface area contributed by atoms with E-state index in [-0.39, 0.29) is 5.92 Å². The van der Waals surface area contributed by atoms with Gasteiger partial charge in [-0.15, -0.1) is 0 Å². The molecule has 0 bridgehead atoms. The Kier molecular flexibility index (Phi) is 8.13. The highest BCUT2D eigenvalue weighted by atomic mass is 19.1. The van der Waals surface area contributed by atoms with E-state index < -0.39 is 5.83 Å². The molecule has 0 N–H and O–H groups in total. The monoisotopic (exact) mass is 381 g/mol. The van der Waals surface area contributed by atoms with Gasteiger partial charge in [0.1, 0.15) is 6.07 Å². The number of hydrogen-bond donors (Lipinski definition) is 0. The summed E-state index contributed by atoms with van der Waals surface area (Å²) in [4.78, 5) is 0. The van der Waals surface area contributed by atoms with E-state index in [1.807, 2.05) is 0 Å². The van der Waals surface area contributed by atoms with E-state index in [9.17, 15) is 4.39 Å². The number of aryl methyl sites for hydroxylation is 1. The Morgan fingerprint density at radius 1 is 0.964 bits per heavy atom. The van der Waals surface area contributed by atoms with E-state index in [1.165, 1.54) is 69.8 Å². The second-order valence-corrected chi connectivity index (χ2v) is 9.19. The lowest BCUT2D eigenvalue weighted by Gasteiger charge is -2.31. The molecule has 1 aromatic rings. The number of nitriles is 1. The van der Waals surface area contributed by atoms with E-state index in [0.29, 0.717) is 0 Å². The summed E-state index contributed by atoms with van der Waals surface area (Å²) < 4.78 is 13.1. The number of halogens is 1. The van der Waals surface area contributed by atoms with Gasteiger partial charge in [0.15, 0.2) is 5.83 Å². The van der Waals surface area contributed by atoms with Crippen LogP contribution in [0, 0.1) is 29.1 Å². The molecular weight excluding hydrogens is 345 g/mol. The van der Waals surface area contributed by atoms with Crippen LogP contribution in [0.2, 0.25) is 0 Å². The Bertz CT molecular complexity index is 653. The molecule has 152 valence electrons. The van der Waals surface area contributed by atoms with Crippen molar-refractivity contribution < 1.29 is 4.39 Å². The van der Waals surface area contributed by atoms with Crippen molar-refractivity contribution in [1.29, 1.82) is 5.26 Å². The second kappa shape index (κ2) is 10.8. The molecule has 0 saturated heterocycles. The van der Waals surface area contributed by atoms with Crippen molar-refractivity contribution in [3.8, 4) is 6.07 Å². The van der Waals surface area contributed by atoms with Crippen LogP contribution in [-0.4, -0.2) is 0 Å². The first kappa shape index (κ1) is 21.1.